The average molecular weight is 536 g/mol. The van der Waals surface area contributed by atoms with Gasteiger partial charge in [-0.1, -0.05) is 43.2 Å². The Morgan fingerprint density at radius 3 is 2.41 bits per heavy atom. The smallest absolute Gasteiger partial charge is 0.407 e. The van der Waals surface area contributed by atoms with E-state index in [-0.39, 0.29) is 37.3 Å². The number of hydrogen-bond donors (Lipinski definition) is 2. The number of hydrogen-bond acceptors (Lipinski definition) is 5. The van der Waals surface area contributed by atoms with Crippen LogP contribution in [0.25, 0.3) is 0 Å². The van der Waals surface area contributed by atoms with Crippen molar-refractivity contribution in [3.05, 3.63) is 64.3 Å². The second kappa shape index (κ2) is 9.97. The number of carboxylic acid groups (broad SMARTS) is 1. The molecule has 1 aromatic heterocycles. The highest BCUT2D eigenvalue weighted by Crippen LogP contribution is 2.52. The fourth-order valence-electron chi connectivity index (χ4n) is 7.03. The lowest BCUT2D eigenvalue weighted by molar-refractivity contribution is -0.137. The molecule has 4 fully saturated rings. The molecule has 10 nitrogen and oxygen atoms in total. The summed E-state index contributed by atoms with van der Waals surface area (Å²) in [6, 6.07) is 10.7. The number of aliphatic hydroxyl groups is 1. The fraction of sp³-hybridized carbons (Fsp3) is 0.586. The third-order valence-electron chi connectivity index (χ3n) is 9.52. The molecule has 0 unspecified atom stereocenters. The normalized spacial score (nSPS) is 26.7. The Hall–Kier alpha value is -3.40. The van der Waals surface area contributed by atoms with E-state index < -0.39 is 17.1 Å². The number of amides is 3. The number of nitrogens with zero attached hydrogens (tertiary/aromatic N) is 5. The minimum absolute atomic E-state index is 0.116. The van der Waals surface area contributed by atoms with Crippen LogP contribution >= 0.6 is 0 Å². The number of aromatic nitrogens is 2. The van der Waals surface area contributed by atoms with E-state index in [0.717, 1.165) is 49.8 Å². The molecule has 1 spiro atoms. The molecule has 4 aliphatic rings. The zero-order valence-corrected chi connectivity index (χ0v) is 22.2. The molecule has 39 heavy (non-hydrogen) atoms. The molecule has 2 atom stereocenters. The van der Waals surface area contributed by atoms with Crippen molar-refractivity contribution in [3.8, 4) is 0 Å². The van der Waals surface area contributed by atoms with E-state index in [9.17, 15) is 24.6 Å². The molecule has 2 aromatic rings. The molecule has 2 saturated carbocycles. The van der Waals surface area contributed by atoms with E-state index in [0.29, 0.717) is 32.0 Å². The van der Waals surface area contributed by atoms with Gasteiger partial charge in [-0.2, -0.15) is 0 Å². The molecule has 3 heterocycles. The molecule has 0 bridgehead atoms. The molecule has 10 heteroatoms. The fourth-order valence-corrected chi connectivity index (χ4v) is 7.03. The van der Waals surface area contributed by atoms with Crippen LogP contribution in [0, 0.1) is 5.41 Å². The van der Waals surface area contributed by atoms with Crippen LogP contribution in [0.4, 0.5) is 9.59 Å². The summed E-state index contributed by atoms with van der Waals surface area (Å²) in [5, 5.41) is 21.7. The Labute approximate surface area is 227 Å². The van der Waals surface area contributed by atoms with Gasteiger partial charge in [0, 0.05) is 50.1 Å². The minimum atomic E-state index is -1.12. The predicted molar refractivity (Wildman–Crippen MR) is 143 cm³/mol. The summed E-state index contributed by atoms with van der Waals surface area (Å²) in [5.41, 5.74) is 0.000517. The lowest BCUT2D eigenvalue weighted by Crippen LogP contribution is -2.64. The van der Waals surface area contributed by atoms with Crippen LogP contribution in [-0.4, -0.2) is 84.9 Å². The second-order valence-corrected chi connectivity index (χ2v) is 11.9. The van der Waals surface area contributed by atoms with Crippen LogP contribution in [0.15, 0.2) is 47.5 Å². The van der Waals surface area contributed by atoms with Crippen molar-refractivity contribution in [1.82, 2.24) is 24.3 Å². The number of rotatable bonds is 4. The molecule has 0 radical (unpaired) electrons. The van der Waals surface area contributed by atoms with Crippen molar-refractivity contribution < 1.29 is 19.8 Å². The minimum Gasteiger partial charge on any atom is -0.465 e. The lowest BCUT2D eigenvalue weighted by atomic mass is 9.66. The Morgan fingerprint density at radius 2 is 1.74 bits per heavy atom. The highest BCUT2D eigenvalue weighted by molar-refractivity contribution is 5.76. The SMILES string of the molecule is O=C(O)N1CCN(C(=O)N2CC[C@@](O)(Cn3cnc(C4CC4)cc3=O)C3(CCCC3)C2)[C@H](c2ccccc2)C1. The number of carbonyl (C=O) groups is 2. The average Bonchev–Trinajstić information content (AvgIpc) is 3.69. The van der Waals surface area contributed by atoms with E-state index in [1.165, 1.54) is 4.90 Å². The van der Waals surface area contributed by atoms with Crippen molar-refractivity contribution in [1.29, 1.82) is 0 Å². The van der Waals surface area contributed by atoms with Crippen LogP contribution in [0.3, 0.4) is 0 Å². The summed E-state index contributed by atoms with van der Waals surface area (Å²) in [4.78, 5) is 48.2. The molecule has 208 valence electrons. The summed E-state index contributed by atoms with van der Waals surface area (Å²) < 4.78 is 1.54. The zero-order chi connectivity index (χ0) is 27.2. The molecule has 2 aliphatic heterocycles. The second-order valence-electron chi connectivity index (χ2n) is 11.9. The van der Waals surface area contributed by atoms with Crippen LogP contribution in [0.5, 0.6) is 0 Å². The predicted octanol–water partition coefficient (Wildman–Crippen LogP) is 3.27. The zero-order valence-electron chi connectivity index (χ0n) is 22.2. The number of piperidine rings is 1. The van der Waals surface area contributed by atoms with Gasteiger partial charge in [-0.25, -0.2) is 14.6 Å². The van der Waals surface area contributed by atoms with Crippen LogP contribution in [-0.2, 0) is 6.54 Å². The first kappa shape index (κ1) is 25.9. The van der Waals surface area contributed by atoms with E-state index >= 15 is 0 Å². The van der Waals surface area contributed by atoms with Gasteiger partial charge in [0.2, 0.25) is 0 Å². The first-order valence-electron chi connectivity index (χ1n) is 14.2. The molecule has 3 amide bonds. The molecular formula is C29H37N5O5. The van der Waals surface area contributed by atoms with Crippen LogP contribution < -0.4 is 5.56 Å². The van der Waals surface area contributed by atoms with Crippen molar-refractivity contribution in [2.24, 2.45) is 5.41 Å². The highest BCUT2D eigenvalue weighted by atomic mass is 16.4. The van der Waals surface area contributed by atoms with Gasteiger partial charge in [0.1, 0.15) is 0 Å². The van der Waals surface area contributed by atoms with E-state index in [2.05, 4.69) is 4.98 Å². The Bertz CT molecular complexity index is 1290. The van der Waals surface area contributed by atoms with Crippen molar-refractivity contribution in [2.45, 2.75) is 69.1 Å². The molecule has 6 rings (SSSR count). The number of urea groups is 1. The third kappa shape index (κ3) is 4.79. The van der Waals surface area contributed by atoms with E-state index in [1.807, 2.05) is 35.2 Å². The maximum atomic E-state index is 14.0. The van der Waals surface area contributed by atoms with E-state index in [4.69, 9.17) is 0 Å². The molecule has 2 N–H and O–H groups in total. The monoisotopic (exact) mass is 535 g/mol. The van der Waals surface area contributed by atoms with Gasteiger partial charge in [-0.15, -0.1) is 0 Å². The lowest BCUT2D eigenvalue weighted by Gasteiger charge is -2.53. The molecule has 2 aliphatic carbocycles. The van der Waals surface area contributed by atoms with Crippen LogP contribution in [0.2, 0.25) is 0 Å². The first-order valence-corrected chi connectivity index (χ1v) is 14.2. The van der Waals surface area contributed by atoms with Crippen LogP contribution in [0.1, 0.15) is 68.2 Å². The summed E-state index contributed by atoms with van der Waals surface area (Å²) >= 11 is 0. The summed E-state index contributed by atoms with van der Waals surface area (Å²) in [6.07, 6.45) is 6.67. The maximum absolute atomic E-state index is 14.0. The third-order valence-corrected chi connectivity index (χ3v) is 9.52. The Kier molecular flexibility index (Phi) is 6.61. The van der Waals surface area contributed by atoms with Gasteiger partial charge < -0.3 is 24.9 Å². The quantitative estimate of drug-likeness (QED) is 0.620. The van der Waals surface area contributed by atoms with Gasteiger partial charge in [-0.3, -0.25) is 9.36 Å². The van der Waals surface area contributed by atoms with Crippen molar-refractivity contribution in [2.75, 3.05) is 32.7 Å². The summed E-state index contributed by atoms with van der Waals surface area (Å²) in [6.45, 7) is 1.77. The molecule has 2 saturated heterocycles. The summed E-state index contributed by atoms with van der Waals surface area (Å²) in [5.74, 6) is 0.392. The Balaban J connectivity index is 1.23. The number of benzene rings is 1. The maximum Gasteiger partial charge on any atom is 0.407 e. The standard InChI is InChI=1S/C29H37N5O5/c35-25-16-23(21-8-9-21)30-20-33(25)19-29(39)12-13-32(18-28(29)10-4-5-11-28)26(36)34-15-14-31(27(37)38)17-24(34)22-6-2-1-3-7-22/h1-3,6-7,16,20-21,24,39H,4-5,8-15,17-19H2,(H,37,38)/t24-,29+/m0/s1. The van der Waals surface area contributed by atoms with Gasteiger partial charge in [0.25, 0.3) is 5.56 Å². The topological polar surface area (TPSA) is 119 Å². The van der Waals surface area contributed by atoms with Gasteiger partial charge >= 0.3 is 12.1 Å². The number of likely N-dealkylation sites (tertiary alicyclic amines) is 1. The number of piperazine rings is 1. The first-order chi connectivity index (χ1) is 18.8. The largest absolute Gasteiger partial charge is 0.465 e. The molecule has 1 aromatic carbocycles. The highest BCUT2D eigenvalue weighted by Gasteiger charge is 2.56. The van der Waals surface area contributed by atoms with E-state index in [1.54, 1.807) is 21.9 Å². The van der Waals surface area contributed by atoms with Gasteiger partial charge in [-0.05, 0) is 37.7 Å². The number of carbonyl (C=O) groups excluding carboxylic acids is 1. The van der Waals surface area contributed by atoms with Crippen molar-refractivity contribution >= 4 is 12.1 Å². The molecular weight excluding hydrogens is 498 g/mol. The van der Waals surface area contributed by atoms with Gasteiger partial charge in [0.05, 0.1) is 30.2 Å². The Morgan fingerprint density at radius 1 is 1.00 bits per heavy atom. The van der Waals surface area contributed by atoms with Crippen molar-refractivity contribution in [3.63, 3.8) is 0 Å². The van der Waals surface area contributed by atoms with Gasteiger partial charge in [0.15, 0.2) is 0 Å². The summed E-state index contributed by atoms with van der Waals surface area (Å²) in [7, 11) is 0.